The number of aromatic nitrogens is 3. The summed E-state index contributed by atoms with van der Waals surface area (Å²) in [6.07, 6.45) is 3.51. The van der Waals surface area contributed by atoms with Crippen LogP contribution in [0.15, 0.2) is 60.9 Å². The summed E-state index contributed by atoms with van der Waals surface area (Å²) < 4.78 is 5.73. The van der Waals surface area contributed by atoms with Crippen molar-refractivity contribution in [1.82, 2.24) is 15.0 Å². The Morgan fingerprint density at radius 3 is 2.38 bits per heavy atom. The number of pyridine rings is 1. The molecule has 29 heavy (non-hydrogen) atoms. The molecule has 4 aromatic rings. The van der Waals surface area contributed by atoms with Gasteiger partial charge in [-0.25, -0.2) is 9.97 Å². The van der Waals surface area contributed by atoms with Gasteiger partial charge in [0.15, 0.2) is 5.82 Å². The largest absolute Gasteiger partial charge is 0.494 e. The molecular weight excluding hydrogens is 360 g/mol. The molecule has 0 unspecified atom stereocenters. The van der Waals surface area contributed by atoms with Crippen LogP contribution in [0.2, 0.25) is 0 Å². The molecule has 0 fully saturated rings. The lowest BCUT2D eigenvalue weighted by molar-refractivity contribution is 0.419. The van der Waals surface area contributed by atoms with Crippen molar-refractivity contribution >= 4 is 16.7 Å². The van der Waals surface area contributed by atoms with Gasteiger partial charge < -0.3 is 10.1 Å². The molecule has 146 valence electrons. The minimum atomic E-state index is 0.226. The quantitative estimate of drug-likeness (QED) is 0.492. The van der Waals surface area contributed by atoms with Crippen LogP contribution in [0, 0.1) is 6.92 Å². The fourth-order valence-electron chi connectivity index (χ4n) is 3.28. The van der Waals surface area contributed by atoms with Gasteiger partial charge in [-0.15, -0.1) is 0 Å². The van der Waals surface area contributed by atoms with Gasteiger partial charge in [0, 0.05) is 29.4 Å². The van der Waals surface area contributed by atoms with Gasteiger partial charge in [0.25, 0.3) is 0 Å². The molecule has 0 aliphatic carbocycles. The summed E-state index contributed by atoms with van der Waals surface area (Å²) in [4.78, 5) is 13.8. The number of nitrogens with one attached hydrogen (secondary N) is 1. The smallest absolute Gasteiger partial charge is 0.163 e. The number of rotatable bonds is 5. The van der Waals surface area contributed by atoms with Gasteiger partial charge in [0.2, 0.25) is 0 Å². The van der Waals surface area contributed by atoms with Crippen molar-refractivity contribution in [3.8, 4) is 28.3 Å². The Hall–Kier alpha value is -3.47. The number of anilines is 1. The molecule has 0 saturated heterocycles. The van der Waals surface area contributed by atoms with E-state index in [1.54, 1.807) is 19.5 Å². The second kappa shape index (κ2) is 7.87. The summed E-state index contributed by atoms with van der Waals surface area (Å²) >= 11 is 0. The highest BCUT2D eigenvalue weighted by atomic mass is 16.5. The zero-order valence-corrected chi connectivity index (χ0v) is 17.1. The van der Waals surface area contributed by atoms with E-state index in [1.807, 2.05) is 18.2 Å². The number of fused-ring (bicyclic) bond motifs is 1. The minimum absolute atomic E-state index is 0.226. The van der Waals surface area contributed by atoms with Gasteiger partial charge in [-0.05, 0) is 56.2 Å². The fourth-order valence-corrected chi connectivity index (χ4v) is 3.28. The van der Waals surface area contributed by atoms with Crippen molar-refractivity contribution in [2.75, 3.05) is 12.4 Å². The molecule has 2 aromatic carbocycles. The van der Waals surface area contributed by atoms with Crippen molar-refractivity contribution < 1.29 is 4.74 Å². The van der Waals surface area contributed by atoms with Gasteiger partial charge in [-0.3, -0.25) is 4.98 Å². The molecule has 0 radical (unpaired) electrons. The summed E-state index contributed by atoms with van der Waals surface area (Å²) in [5.74, 6) is 2.13. The first-order valence-electron chi connectivity index (χ1n) is 9.69. The lowest BCUT2D eigenvalue weighted by Gasteiger charge is -2.16. The Morgan fingerprint density at radius 1 is 0.931 bits per heavy atom. The van der Waals surface area contributed by atoms with E-state index in [4.69, 9.17) is 14.7 Å². The number of hydrogen-bond donors (Lipinski definition) is 1. The molecule has 0 bridgehead atoms. The van der Waals surface area contributed by atoms with Gasteiger partial charge in [-0.2, -0.15) is 0 Å². The maximum atomic E-state index is 5.73. The molecule has 2 aromatic heterocycles. The van der Waals surface area contributed by atoms with E-state index in [-0.39, 0.29) is 6.04 Å². The maximum Gasteiger partial charge on any atom is 0.163 e. The monoisotopic (exact) mass is 384 g/mol. The van der Waals surface area contributed by atoms with Crippen molar-refractivity contribution in [2.45, 2.75) is 26.8 Å². The second-order valence-corrected chi connectivity index (χ2v) is 7.38. The molecule has 0 aliphatic heterocycles. The van der Waals surface area contributed by atoms with Gasteiger partial charge in [-0.1, -0.05) is 29.8 Å². The minimum Gasteiger partial charge on any atom is -0.494 e. The summed E-state index contributed by atoms with van der Waals surface area (Å²) in [6.45, 7) is 6.28. The second-order valence-electron chi connectivity index (χ2n) is 7.38. The molecule has 2 heterocycles. The summed E-state index contributed by atoms with van der Waals surface area (Å²) in [5, 5.41) is 4.40. The van der Waals surface area contributed by atoms with Gasteiger partial charge in [0.1, 0.15) is 17.1 Å². The van der Waals surface area contributed by atoms with Crippen molar-refractivity contribution in [3.05, 3.63) is 66.5 Å². The molecular formula is C24H24N4O. The molecule has 0 aliphatic rings. The van der Waals surface area contributed by atoms with Crippen LogP contribution in [-0.4, -0.2) is 28.1 Å². The zero-order chi connectivity index (χ0) is 20.4. The van der Waals surface area contributed by atoms with Gasteiger partial charge >= 0.3 is 0 Å². The number of ether oxygens (including phenoxy) is 1. The standard InChI is InChI=1S/C24H24N4O/c1-15(2)26-24-20-12-19(17-9-7-16(3)8-10-17)13-21(29-4)22(20)27-23(28-24)18-6-5-11-25-14-18/h5-15H,1-4H3,(H,26,27,28). The number of hydrogen-bond acceptors (Lipinski definition) is 5. The average molecular weight is 384 g/mol. The van der Waals surface area contributed by atoms with E-state index in [1.165, 1.54) is 5.56 Å². The van der Waals surface area contributed by atoms with E-state index >= 15 is 0 Å². The zero-order valence-electron chi connectivity index (χ0n) is 17.1. The Morgan fingerprint density at radius 2 is 1.72 bits per heavy atom. The number of methoxy groups -OCH3 is 1. The molecule has 5 heteroatoms. The molecule has 0 saturated carbocycles. The predicted molar refractivity (Wildman–Crippen MR) is 118 cm³/mol. The molecule has 1 N–H and O–H groups in total. The lowest BCUT2D eigenvalue weighted by atomic mass is 10.0. The summed E-state index contributed by atoms with van der Waals surface area (Å²) in [6, 6.07) is 16.7. The molecule has 0 atom stereocenters. The summed E-state index contributed by atoms with van der Waals surface area (Å²) in [5.41, 5.74) is 5.07. The topological polar surface area (TPSA) is 59.9 Å². The maximum absolute atomic E-state index is 5.73. The van der Waals surface area contributed by atoms with Crippen LogP contribution in [0.1, 0.15) is 19.4 Å². The third-order valence-electron chi connectivity index (χ3n) is 4.72. The fraction of sp³-hybridized carbons (Fsp3) is 0.208. The Balaban J connectivity index is 1.97. The highest BCUT2D eigenvalue weighted by Crippen LogP contribution is 2.36. The van der Waals surface area contributed by atoms with Crippen molar-refractivity contribution in [1.29, 1.82) is 0 Å². The highest BCUT2D eigenvalue weighted by molar-refractivity contribution is 5.98. The molecule has 0 spiro atoms. The average Bonchev–Trinajstić information content (AvgIpc) is 2.73. The van der Waals surface area contributed by atoms with Crippen LogP contribution >= 0.6 is 0 Å². The van der Waals surface area contributed by atoms with Crippen LogP contribution < -0.4 is 10.1 Å². The number of aryl methyl sites for hydroxylation is 1. The molecule has 0 amide bonds. The predicted octanol–water partition coefficient (Wildman–Crippen LogP) is 5.50. The van der Waals surface area contributed by atoms with Crippen LogP contribution in [-0.2, 0) is 0 Å². The van der Waals surface area contributed by atoms with E-state index in [0.29, 0.717) is 5.82 Å². The Bertz CT molecular complexity index is 1140. The molecule has 4 rings (SSSR count). The highest BCUT2D eigenvalue weighted by Gasteiger charge is 2.16. The van der Waals surface area contributed by atoms with E-state index in [0.717, 1.165) is 39.2 Å². The van der Waals surface area contributed by atoms with Crippen molar-refractivity contribution in [2.24, 2.45) is 0 Å². The first-order valence-corrected chi connectivity index (χ1v) is 9.69. The lowest BCUT2D eigenvalue weighted by Crippen LogP contribution is -2.12. The van der Waals surface area contributed by atoms with E-state index in [2.05, 4.69) is 61.4 Å². The van der Waals surface area contributed by atoms with Crippen LogP contribution in [0.3, 0.4) is 0 Å². The Kier molecular flexibility index (Phi) is 5.12. The first kappa shape index (κ1) is 18.9. The normalized spacial score (nSPS) is 11.1. The van der Waals surface area contributed by atoms with Crippen LogP contribution in [0.25, 0.3) is 33.4 Å². The summed E-state index contributed by atoms with van der Waals surface area (Å²) in [7, 11) is 1.68. The number of benzene rings is 2. The van der Waals surface area contributed by atoms with E-state index in [9.17, 15) is 0 Å². The van der Waals surface area contributed by atoms with E-state index < -0.39 is 0 Å². The van der Waals surface area contributed by atoms with Gasteiger partial charge in [0.05, 0.1) is 7.11 Å². The molecule has 5 nitrogen and oxygen atoms in total. The Labute approximate surface area is 170 Å². The SMILES string of the molecule is COc1cc(-c2ccc(C)cc2)cc2c(NC(C)C)nc(-c3cccnc3)nc12. The first-order chi connectivity index (χ1) is 14.0. The van der Waals surface area contributed by atoms with Crippen LogP contribution in [0.4, 0.5) is 5.82 Å². The third-order valence-corrected chi connectivity index (χ3v) is 4.72. The third kappa shape index (κ3) is 3.90. The number of nitrogens with zero attached hydrogens (tertiary/aromatic N) is 3. The van der Waals surface area contributed by atoms with Crippen molar-refractivity contribution in [3.63, 3.8) is 0 Å². The van der Waals surface area contributed by atoms with Crippen LogP contribution in [0.5, 0.6) is 5.75 Å².